The van der Waals surface area contributed by atoms with Gasteiger partial charge < -0.3 is 10.4 Å². The minimum atomic E-state index is -0.167. The van der Waals surface area contributed by atoms with E-state index < -0.39 is 0 Å². The first-order valence-electron chi connectivity index (χ1n) is 7.72. The smallest absolute Gasteiger partial charge is 0.242 e. The average molecular weight is 294 g/mol. The van der Waals surface area contributed by atoms with Gasteiger partial charge in [0.2, 0.25) is 5.91 Å². The molecular formula is C15H26N4O2. The van der Waals surface area contributed by atoms with Crippen molar-refractivity contribution >= 4 is 11.7 Å². The summed E-state index contributed by atoms with van der Waals surface area (Å²) >= 11 is 0. The maximum Gasteiger partial charge on any atom is 0.242 e. The molecule has 0 aliphatic carbocycles. The molecule has 1 aromatic heterocycles. The fourth-order valence-corrected chi connectivity index (χ4v) is 2.74. The summed E-state index contributed by atoms with van der Waals surface area (Å²) in [7, 11) is 0. The highest BCUT2D eigenvalue weighted by Gasteiger charge is 2.26. The van der Waals surface area contributed by atoms with Crippen LogP contribution in [0.15, 0.2) is 12.3 Å². The van der Waals surface area contributed by atoms with Gasteiger partial charge in [0.1, 0.15) is 5.82 Å². The minimum absolute atomic E-state index is 0.000140. The van der Waals surface area contributed by atoms with E-state index in [-0.39, 0.29) is 24.6 Å². The number of piperidine rings is 1. The van der Waals surface area contributed by atoms with Crippen molar-refractivity contribution in [1.82, 2.24) is 14.7 Å². The van der Waals surface area contributed by atoms with Crippen LogP contribution in [0.5, 0.6) is 0 Å². The lowest BCUT2D eigenvalue weighted by molar-refractivity contribution is -0.121. The molecule has 6 heteroatoms. The lowest BCUT2D eigenvalue weighted by Crippen LogP contribution is -2.46. The number of aliphatic hydroxyl groups is 1. The van der Waals surface area contributed by atoms with Crippen molar-refractivity contribution in [2.24, 2.45) is 5.92 Å². The standard InChI is InChI=1S/C15H26N4O2/c1-11(2)19-14(4-7-16-19)17-15(21)12(3)18-8-5-13(10-20)6-9-18/h4,7,11-13,20H,5-6,8-10H2,1-3H3,(H,17,21). The van der Waals surface area contributed by atoms with Crippen LogP contribution in [-0.4, -0.2) is 51.4 Å². The number of hydrogen-bond donors (Lipinski definition) is 2. The second-order valence-electron chi connectivity index (χ2n) is 6.08. The molecule has 0 saturated carbocycles. The molecule has 1 unspecified atom stereocenters. The summed E-state index contributed by atoms with van der Waals surface area (Å²) in [4.78, 5) is 14.6. The zero-order valence-corrected chi connectivity index (χ0v) is 13.1. The maximum atomic E-state index is 12.4. The Labute approximate surface area is 126 Å². The number of carbonyl (C=O) groups excluding carboxylic acids is 1. The van der Waals surface area contributed by atoms with Crippen LogP contribution < -0.4 is 5.32 Å². The molecule has 1 atom stereocenters. The molecule has 6 nitrogen and oxygen atoms in total. The largest absolute Gasteiger partial charge is 0.396 e. The quantitative estimate of drug-likeness (QED) is 0.863. The van der Waals surface area contributed by atoms with Crippen molar-refractivity contribution in [2.75, 3.05) is 25.0 Å². The molecule has 1 amide bonds. The number of hydrogen-bond acceptors (Lipinski definition) is 4. The number of likely N-dealkylation sites (tertiary alicyclic amines) is 1. The zero-order chi connectivity index (χ0) is 15.4. The van der Waals surface area contributed by atoms with Crippen LogP contribution in [0.4, 0.5) is 5.82 Å². The number of nitrogens with one attached hydrogen (secondary N) is 1. The Hall–Kier alpha value is -1.40. The molecular weight excluding hydrogens is 268 g/mol. The van der Waals surface area contributed by atoms with E-state index in [0.29, 0.717) is 5.92 Å². The Balaban J connectivity index is 1.92. The summed E-state index contributed by atoms with van der Waals surface area (Å²) in [6, 6.07) is 1.87. The summed E-state index contributed by atoms with van der Waals surface area (Å²) < 4.78 is 1.81. The zero-order valence-electron chi connectivity index (χ0n) is 13.1. The first-order valence-corrected chi connectivity index (χ1v) is 7.72. The van der Waals surface area contributed by atoms with E-state index >= 15 is 0 Å². The van der Waals surface area contributed by atoms with Gasteiger partial charge in [-0.3, -0.25) is 9.69 Å². The first kappa shape index (κ1) is 16.0. The number of rotatable bonds is 5. The van der Waals surface area contributed by atoms with Gasteiger partial charge in [0.25, 0.3) is 0 Å². The van der Waals surface area contributed by atoms with E-state index in [9.17, 15) is 9.90 Å². The number of amides is 1. The van der Waals surface area contributed by atoms with Gasteiger partial charge in [-0.25, -0.2) is 4.68 Å². The SMILES string of the molecule is CC(C(=O)Nc1ccnn1C(C)C)N1CCC(CO)CC1. The highest BCUT2D eigenvalue weighted by Crippen LogP contribution is 2.19. The Morgan fingerprint density at radius 3 is 2.67 bits per heavy atom. The summed E-state index contributed by atoms with van der Waals surface area (Å²) in [5, 5.41) is 16.4. The van der Waals surface area contributed by atoms with Gasteiger partial charge in [-0.15, -0.1) is 0 Å². The normalized spacial score (nSPS) is 18.9. The molecule has 0 bridgehead atoms. The molecule has 1 saturated heterocycles. The Morgan fingerprint density at radius 2 is 2.10 bits per heavy atom. The predicted octanol–water partition coefficient (Wildman–Crippen LogP) is 1.50. The lowest BCUT2D eigenvalue weighted by atomic mass is 9.97. The first-order chi connectivity index (χ1) is 10.0. The Morgan fingerprint density at radius 1 is 1.43 bits per heavy atom. The van der Waals surface area contributed by atoms with Crippen LogP contribution in [0.25, 0.3) is 0 Å². The van der Waals surface area contributed by atoms with Gasteiger partial charge in [0.15, 0.2) is 0 Å². The number of anilines is 1. The summed E-state index contributed by atoms with van der Waals surface area (Å²) in [6.07, 6.45) is 3.61. The topological polar surface area (TPSA) is 70.4 Å². The summed E-state index contributed by atoms with van der Waals surface area (Å²) in [5.41, 5.74) is 0. The van der Waals surface area contributed by atoms with Crippen molar-refractivity contribution in [2.45, 2.75) is 45.7 Å². The van der Waals surface area contributed by atoms with E-state index in [0.717, 1.165) is 31.7 Å². The second-order valence-corrected chi connectivity index (χ2v) is 6.08. The third kappa shape index (κ3) is 3.83. The molecule has 2 rings (SSSR count). The van der Waals surface area contributed by atoms with Crippen LogP contribution in [0.3, 0.4) is 0 Å². The van der Waals surface area contributed by atoms with Crippen molar-refractivity contribution in [3.63, 3.8) is 0 Å². The maximum absolute atomic E-state index is 12.4. The van der Waals surface area contributed by atoms with Gasteiger partial charge in [-0.1, -0.05) is 0 Å². The molecule has 0 radical (unpaired) electrons. The van der Waals surface area contributed by atoms with Crippen LogP contribution in [0, 0.1) is 5.92 Å². The minimum Gasteiger partial charge on any atom is -0.396 e. The second kappa shape index (κ2) is 7.04. The molecule has 2 heterocycles. The summed E-state index contributed by atoms with van der Waals surface area (Å²) in [6.45, 7) is 7.98. The third-order valence-electron chi connectivity index (χ3n) is 4.25. The van der Waals surface area contributed by atoms with Crippen molar-refractivity contribution < 1.29 is 9.90 Å². The van der Waals surface area contributed by atoms with E-state index in [1.54, 1.807) is 6.20 Å². The number of aromatic nitrogens is 2. The lowest BCUT2D eigenvalue weighted by Gasteiger charge is -2.34. The predicted molar refractivity (Wildman–Crippen MR) is 82.1 cm³/mol. The Kier molecular flexibility index (Phi) is 5.36. The van der Waals surface area contributed by atoms with Crippen LogP contribution >= 0.6 is 0 Å². The highest BCUT2D eigenvalue weighted by atomic mass is 16.3. The number of carbonyl (C=O) groups is 1. The third-order valence-corrected chi connectivity index (χ3v) is 4.25. The fraction of sp³-hybridized carbons (Fsp3) is 0.733. The monoisotopic (exact) mass is 294 g/mol. The number of aliphatic hydroxyl groups excluding tert-OH is 1. The van der Waals surface area contributed by atoms with E-state index in [4.69, 9.17) is 0 Å². The molecule has 1 aromatic rings. The van der Waals surface area contributed by atoms with E-state index in [2.05, 4.69) is 15.3 Å². The molecule has 1 fully saturated rings. The van der Waals surface area contributed by atoms with E-state index in [1.165, 1.54) is 0 Å². The number of nitrogens with zero attached hydrogens (tertiary/aromatic N) is 3. The molecule has 21 heavy (non-hydrogen) atoms. The average Bonchev–Trinajstić information content (AvgIpc) is 2.95. The summed E-state index contributed by atoms with van der Waals surface area (Å²) in [5.74, 6) is 1.13. The molecule has 0 spiro atoms. The van der Waals surface area contributed by atoms with Crippen LogP contribution in [0.2, 0.25) is 0 Å². The molecule has 1 aliphatic heterocycles. The molecule has 118 valence electrons. The van der Waals surface area contributed by atoms with Crippen molar-refractivity contribution in [1.29, 1.82) is 0 Å². The van der Waals surface area contributed by atoms with Crippen LogP contribution in [0.1, 0.15) is 39.7 Å². The van der Waals surface area contributed by atoms with Gasteiger partial charge >= 0.3 is 0 Å². The van der Waals surface area contributed by atoms with Gasteiger partial charge in [0.05, 0.1) is 12.2 Å². The fourth-order valence-electron chi connectivity index (χ4n) is 2.74. The van der Waals surface area contributed by atoms with Gasteiger partial charge in [-0.05, 0) is 52.6 Å². The Bertz CT molecular complexity index is 464. The van der Waals surface area contributed by atoms with Gasteiger partial charge in [-0.2, -0.15) is 5.10 Å². The molecule has 0 aromatic carbocycles. The highest BCUT2D eigenvalue weighted by molar-refractivity contribution is 5.93. The van der Waals surface area contributed by atoms with E-state index in [1.807, 2.05) is 31.5 Å². The molecule has 2 N–H and O–H groups in total. The van der Waals surface area contributed by atoms with Crippen molar-refractivity contribution in [3.8, 4) is 0 Å². The molecule has 1 aliphatic rings. The van der Waals surface area contributed by atoms with Crippen molar-refractivity contribution in [3.05, 3.63) is 12.3 Å². The van der Waals surface area contributed by atoms with Crippen LogP contribution in [-0.2, 0) is 4.79 Å². The van der Waals surface area contributed by atoms with Gasteiger partial charge in [0, 0.05) is 18.7 Å².